The monoisotopic (exact) mass is 422 g/mol. The van der Waals surface area contributed by atoms with Crippen molar-refractivity contribution in [2.45, 2.75) is 12.8 Å². The number of carbonyl (C=O) groups is 1. The number of nitrogens with one attached hydrogen (secondary N) is 1. The number of hydrogen-bond acceptors (Lipinski definition) is 6. The van der Waals surface area contributed by atoms with Gasteiger partial charge in [-0.2, -0.15) is 5.10 Å². The number of nitrogens with two attached hydrogens (primary N) is 1. The molecule has 0 aliphatic rings. The minimum Gasteiger partial charge on any atom is -0.507 e. The third-order valence-electron chi connectivity index (χ3n) is 5.13. The van der Waals surface area contributed by atoms with Crippen LogP contribution in [-0.2, 0) is 0 Å². The third kappa shape index (κ3) is 4.92. The van der Waals surface area contributed by atoms with Crippen molar-refractivity contribution in [3.05, 3.63) is 76.1 Å². The fraction of sp³-hybridized carbons (Fsp3) is 0.261. The molecule has 0 saturated heterocycles. The van der Waals surface area contributed by atoms with E-state index in [0.29, 0.717) is 23.2 Å². The van der Waals surface area contributed by atoms with Crippen LogP contribution in [0.1, 0.15) is 24.0 Å². The zero-order valence-electron chi connectivity index (χ0n) is 17.7. The van der Waals surface area contributed by atoms with Crippen molar-refractivity contribution in [3.63, 3.8) is 0 Å². The van der Waals surface area contributed by atoms with E-state index in [4.69, 9.17) is 10.2 Å². The van der Waals surface area contributed by atoms with E-state index in [1.165, 1.54) is 0 Å². The van der Waals surface area contributed by atoms with Gasteiger partial charge in [0.25, 0.3) is 0 Å². The Morgan fingerprint density at radius 1 is 1.16 bits per heavy atom. The van der Waals surface area contributed by atoms with Gasteiger partial charge in [0, 0.05) is 24.1 Å². The SMILES string of the molecule is C/C(=N/NC(N)=O)[C@H](CN(C)C)[C@@H](c1ccccc1)c1c(O)c2ccccc2oc1=O. The lowest BCUT2D eigenvalue weighted by Gasteiger charge is -2.30. The maximum absolute atomic E-state index is 13.1. The second-order valence-corrected chi connectivity index (χ2v) is 7.63. The predicted octanol–water partition coefficient (Wildman–Crippen LogP) is 2.85. The fourth-order valence-corrected chi connectivity index (χ4v) is 3.78. The fourth-order valence-electron chi connectivity index (χ4n) is 3.78. The number of para-hydroxylation sites is 1. The number of nitrogens with zero attached hydrogens (tertiary/aromatic N) is 2. The topological polar surface area (TPSA) is 121 Å². The van der Waals surface area contributed by atoms with E-state index in [1.807, 2.05) is 49.3 Å². The first kappa shape index (κ1) is 22.0. The lowest BCUT2D eigenvalue weighted by atomic mass is 9.78. The van der Waals surface area contributed by atoms with E-state index >= 15 is 0 Å². The molecule has 0 saturated carbocycles. The Balaban J connectivity index is 2.28. The number of primary amides is 1. The highest BCUT2D eigenvalue weighted by Crippen LogP contribution is 2.39. The Kier molecular flexibility index (Phi) is 6.71. The van der Waals surface area contributed by atoms with Crippen LogP contribution in [0.3, 0.4) is 0 Å². The first-order valence-corrected chi connectivity index (χ1v) is 9.83. The number of urea groups is 1. The highest BCUT2D eigenvalue weighted by Gasteiger charge is 2.33. The maximum Gasteiger partial charge on any atom is 0.343 e. The molecule has 8 nitrogen and oxygen atoms in total. The van der Waals surface area contributed by atoms with Crippen LogP contribution in [0.5, 0.6) is 5.75 Å². The Labute approximate surface area is 180 Å². The first-order valence-electron chi connectivity index (χ1n) is 9.83. The standard InChI is InChI=1S/C23H26N4O4/c1-14(25-26-23(24)30)17(13-27(2)3)19(15-9-5-4-6-10-15)20-21(28)16-11-7-8-12-18(16)31-22(20)29/h4-12,17,19,28H,13H2,1-3H3,(H3,24,26,30)/b25-14-/t17-,19+/m0/s1. The van der Waals surface area contributed by atoms with Crippen molar-refractivity contribution in [2.75, 3.05) is 20.6 Å². The van der Waals surface area contributed by atoms with Gasteiger partial charge in [0.2, 0.25) is 0 Å². The largest absolute Gasteiger partial charge is 0.507 e. The van der Waals surface area contributed by atoms with Crippen molar-refractivity contribution in [3.8, 4) is 5.75 Å². The lowest BCUT2D eigenvalue weighted by Crippen LogP contribution is -2.36. The van der Waals surface area contributed by atoms with Crippen molar-refractivity contribution in [2.24, 2.45) is 16.8 Å². The summed E-state index contributed by atoms with van der Waals surface area (Å²) in [6, 6.07) is 15.4. The van der Waals surface area contributed by atoms with E-state index in [-0.39, 0.29) is 17.2 Å². The van der Waals surface area contributed by atoms with Crippen LogP contribution in [-0.4, -0.2) is 42.4 Å². The van der Waals surface area contributed by atoms with Crippen molar-refractivity contribution < 1.29 is 14.3 Å². The third-order valence-corrected chi connectivity index (χ3v) is 5.13. The summed E-state index contributed by atoms with van der Waals surface area (Å²) >= 11 is 0. The zero-order chi connectivity index (χ0) is 22.5. The summed E-state index contributed by atoms with van der Waals surface area (Å²) in [5.74, 6) is -1.08. The van der Waals surface area contributed by atoms with Gasteiger partial charge in [0.1, 0.15) is 11.3 Å². The Hall–Kier alpha value is -3.65. The smallest absolute Gasteiger partial charge is 0.343 e. The number of fused-ring (bicyclic) bond motifs is 1. The maximum atomic E-state index is 13.1. The lowest BCUT2D eigenvalue weighted by molar-refractivity contribution is 0.249. The molecule has 1 aromatic heterocycles. The molecule has 3 aromatic rings. The van der Waals surface area contributed by atoms with E-state index in [1.54, 1.807) is 31.2 Å². The molecule has 0 fully saturated rings. The second kappa shape index (κ2) is 9.44. The number of aromatic hydroxyl groups is 1. The van der Waals surface area contributed by atoms with E-state index < -0.39 is 17.6 Å². The van der Waals surface area contributed by atoms with Crippen LogP contribution in [0, 0.1) is 5.92 Å². The summed E-state index contributed by atoms with van der Waals surface area (Å²) < 4.78 is 5.55. The minimum atomic E-state index is -0.785. The number of hydrogen-bond donors (Lipinski definition) is 3. The Morgan fingerprint density at radius 3 is 2.45 bits per heavy atom. The van der Waals surface area contributed by atoms with Gasteiger partial charge < -0.3 is 20.2 Å². The van der Waals surface area contributed by atoms with Crippen LogP contribution in [0.25, 0.3) is 11.0 Å². The molecule has 0 aliphatic heterocycles. The van der Waals surface area contributed by atoms with Gasteiger partial charge in [0.05, 0.1) is 10.9 Å². The molecular formula is C23H26N4O4. The molecule has 31 heavy (non-hydrogen) atoms. The quantitative estimate of drug-likeness (QED) is 0.307. The summed E-state index contributed by atoms with van der Waals surface area (Å²) in [5, 5.41) is 15.7. The average Bonchev–Trinajstić information content (AvgIpc) is 2.74. The van der Waals surface area contributed by atoms with E-state index in [9.17, 15) is 14.7 Å². The summed E-state index contributed by atoms with van der Waals surface area (Å²) in [6.07, 6.45) is 0. The van der Waals surface area contributed by atoms with Gasteiger partial charge in [-0.3, -0.25) is 0 Å². The molecule has 1 heterocycles. The van der Waals surface area contributed by atoms with E-state index in [0.717, 1.165) is 5.56 Å². The number of carbonyl (C=O) groups excluding carboxylic acids is 1. The molecule has 0 unspecified atom stereocenters. The van der Waals surface area contributed by atoms with Gasteiger partial charge in [-0.05, 0) is 38.7 Å². The van der Waals surface area contributed by atoms with Crippen molar-refractivity contribution >= 4 is 22.7 Å². The van der Waals surface area contributed by atoms with E-state index in [2.05, 4.69) is 10.5 Å². The molecule has 0 radical (unpaired) electrons. The number of hydrazone groups is 1. The van der Waals surface area contributed by atoms with Crippen LogP contribution in [0.4, 0.5) is 4.79 Å². The normalized spacial score (nSPS) is 13.9. The molecule has 2 amide bonds. The van der Waals surface area contributed by atoms with Crippen LogP contribution in [0.2, 0.25) is 0 Å². The minimum absolute atomic E-state index is 0.125. The molecule has 0 spiro atoms. The Morgan fingerprint density at radius 2 is 1.81 bits per heavy atom. The predicted molar refractivity (Wildman–Crippen MR) is 120 cm³/mol. The van der Waals surface area contributed by atoms with Crippen molar-refractivity contribution in [1.82, 2.24) is 10.3 Å². The highest BCUT2D eigenvalue weighted by molar-refractivity contribution is 5.89. The molecule has 8 heteroatoms. The number of amides is 2. The van der Waals surface area contributed by atoms with Gasteiger partial charge >= 0.3 is 11.7 Å². The molecule has 2 atom stereocenters. The van der Waals surface area contributed by atoms with Gasteiger partial charge in [0.15, 0.2) is 0 Å². The van der Waals surface area contributed by atoms with Crippen LogP contribution < -0.4 is 16.8 Å². The van der Waals surface area contributed by atoms with Crippen molar-refractivity contribution in [1.29, 1.82) is 0 Å². The van der Waals surface area contributed by atoms with Gasteiger partial charge in [-0.1, -0.05) is 42.5 Å². The molecule has 2 aromatic carbocycles. The molecule has 4 N–H and O–H groups in total. The molecular weight excluding hydrogens is 396 g/mol. The summed E-state index contributed by atoms with van der Waals surface area (Å²) in [6.45, 7) is 2.24. The number of benzene rings is 2. The molecule has 3 rings (SSSR count). The first-order chi connectivity index (χ1) is 14.8. The van der Waals surface area contributed by atoms with Crippen LogP contribution >= 0.6 is 0 Å². The average molecular weight is 422 g/mol. The summed E-state index contributed by atoms with van der Waals surface area (Å²) in [4.78, 5) is 26.2. The zero-order valence-corrected chi connectivity index (χ0v) is 17.7. The van der Waals surface area contributed by atoms with Gasteiger partial charge in [-0.15, -0.1) is 0 Å². The second-order valence-electron chi connectivity index (χ2n) is 7.63. The number of rotatable bonds is 7. The van der Waals surface area contributed by atoms with Gasteiger partial charge in [-0.25, -0.2) is 15.0 Å². The molecule has 162 valence electrons. The summed E-state index contributed by atoms with van der Waals surface area (Å²) in [7, 11) is 3.79. The summed E-state index contributed by atoms with van der Waals surface area (Å²) in [5.41, 5.74) is 8.63. The molecule has 0 bridgehead atoms. The Bertz CT molecular complexity index is 1160. The van der Waals surface area contributed by atoms with Crippen LogP contribution in [0.15, 0.2) is 68.9 Å². The molecule has 0 aliphatic carbocycles. The highest BCUT2D eigenvalue weighted by atomic mass is 16.4.